The molecule has 0 radical (unpaired) electrons. The second-order valence-corrected chi connectivity index (χ2v) is 9.42. The van der Waals surface area contributed by atoms with Crippen molar-refractivity contribution in [1.29, 1.82) is 0 Å². The lowest BCUT2D eigenvalue weighted by Gasteiger charge is -2.37. The van der Waals surface area contributed by atoms with E-state index >= 15 is 0 Å². The monoisotopic (exact) mass is 421 g/mol. The second-order valence-electron chi connectivity index (χ2n) is 8.36. The van der Waals surface area contributed by atoms with Crippen LogP contribution in [0, 0.1) is 0 Å². The van der Waals surface area contributed by atoms with E-state index in [-0.39, 0.29) is 0 Å². The van der Waals surface area contributed by atoms with Gasteiger partial charge in [-0.2, -0.15) is 0 Å². The standard InChI is InChI=1S/C24H28N4OS/c29-23(27-16-14-26(15-17-27)19-8-2-1-3-9-19)18-28-13-7-6-11-21(28)24-25-20-10-4-5-12-22(20)30-24/h1-5,8-10,12,21H,6-7,11,13-18H2/p+1/t21-/m0/s1. The molecule has 2 fully saturated rings. The fourth-order valence-electron chi connectivity index (χ4n) is 4.79. The normalized spacial score (nSPS) is 22.4. The zero-order valence-corrected chi connectivity index (χ0v) is 18.1. The molecule has 1 amide bonds. The van der Waals surface area contributed by atoms with E-state index in [0.717, 1.165) is 44.7 Å². The molecule has 3 heterocycles. The number of amides is 1. The van der Waals surface area contributed by atoms with Gasteiger partial charge in [0.05, 0.1) is 16.8 Å². The number of anilines is 1. The molecule has 2 aromatic carbocycles. The summed E-state index contributed by atoms with van der Waals surface area (Å²) in [5.41, 5.74) is 2.34. The Labute approximate surface area is 181 Å². The third-order valence-corrected chi connectivity index (χ3v) is 7.62. The number of likely N-dealkylation sites (tertiary alicyclic amines) is 1. The number of carbonyl (C=O) groups excluding carboxylic acids is 1. The molecule has 1 aromatic heterocycles. The van der Waals surface area contributed by atoms with Gasteiger partial charge in [-0.15, -0.1) is 11.3 Å². The summed E-state index contributed by atoms with van der Waals surface area (Å²) in [6.45, 7) is 5.10. The lowest BCUT2D eigenvalue weighted by molar-refractivity contribution is -0.929. The molecule has 156 valence electrons. The molecule has 1 N–H and O–H groups in total. The molecule has 0 spiro atoms. The van der Waals surface area contributed by atoms with E-state index in [1.165, 1.54) is 33.1 Å². The number of fused-ring (bicyclic) bond motifs is 1. The number of para-hydroxylation sites is 2. The first-order chi connectivity index (χ1) is 14.8. The topological polar surface area (TPSA) is 40.9 Å². The van der Waals surface area contributed by atoms with E-state index in [2.05, 4.69) is 58.3 Å². The number of hydrogen-bond acceptors (Lipinski definition) is 4. The maximum atomic E-state index is 13.1. The number of rotatable bonds is 4. The van der Waals surface area contributed by atoms with Crippen LogP contribution < -0.4 is 9.80 Å². The van der Waals surface area contributed by atoms with Crippen molar-refractivity contribution in [3.05, 3.63) is 59.6 Å². The third-order valence-electron chi connectivity index (χ3n) is 6.47. The minimum Gasteiger partial charge on any atom is -0.368 e. The van der Waals surface area contributed by atoms with E-state index in [9.17, 15) is 4.79 Å². The van der Waals surface area contributed by atoms with E-state index in [1.807, 2.05) is 6.07 Å². The molecule has 1 unspecified atom stereocenters. The summed E-state index contributed by atoms with van der Waals surface area (Å²) in [6.07, 6.45) is 3.56. The number of nitrogens with one attached hydrogen (secondary N) is 1. The lowest BCUT2D eigenvalue weighted by Crippen LogP contribution is -3.14. The second kappa shape index (κ2) is 8.74. The molecule has 5 nitrogen and oxygen atoms in total. The van der Waals surface area contributed by atoms with Crippen LogP contribution in [-0.4, -0.2) is 55.1 Å². The van der Waals surface area contributed by atoms with Gasteiger partial charge in [0.1, 0.15) is 6.04 Å². The molecule has 0 saturated carbocycles. The summed E-state index contributed by atoms with van der Waals surface area (Å²) in [5, 5.41) is 1.20. The highest BCUT2D eigenvalue weighted by molar-refractivity contribution is 7.18. The van der Waals surface area contributed by atoms with E-state index in [4.69, 9.17) is 4.98 Å². The third kappa shape index (κ3) is 4.07. The SMILES string of the molecule is O=C(C[NH+]1CCCC[C@H]1c1nc2ccccc2s1)N1CCN(c2ccccc2)CC1. The Morgan fingerprint density at radius 1 is 1.00 bits per heavy atom. The highest BCUT2D eigenvalue weighted by Crippen LogP contribution is 2.28. The van der Waals surface area contributed by atoms with Crippen molar-refractivity contribution in [2.45, 2.75) is 25.3 Å². The molecule has 30 heavy (non-hydrogen) atoms. The Hall–Kier alpha value is -2.44. The zero-order chi connectivity index (χ0) is 20.3. The molecule has 6 heteroatoms. The summed E-state index contributed by atoms with van der Waals surface area (Å²) >= 11 is 1.80. The zero-order valence-electron chi connectivity index (χ0n) is 17.3. The molecule has 2 atom stereocenters. The predicted octanol–water partition coefficient (Wildman–Crippen LogP) is 2.76. The van der Waals surface area contributed by atoms with Crippen molar-refractivity contribution < 1.29 is 9.69 Å². The molecular weight excluding hydrogens is 392 g/mol. The smallest absolute Gasteiger partial charge is 0.277 e. The van der Waals surface area contributed by atoms with Gasteiger partial charge in [-0.05, 0) is 37.1 Å². The van der Waals surface area contributed by atoms with Gasteiger partial charge in [-0.25, -0.2) is 4.98 Å². The maximum Gasteiger partial charge on any atom is 0.277 e. The fourth-order valence-corrected chi connectivity index (χ4v) is 5.95. The number of carbonyl (C=O) groups is 1. The van der Waals surface area contributed by atoms with Crippen LogP contribution in [0.4, 0.5) is 5.69 Å². The van der Waals surface area contributed by atoms with E-state index in [0.29, 0.717) is 18.5 Å². The first-order valence-corrected chi connectivity index (χ1v) is 11.9. The highest BCUT2D eigenvalue weighted by Gasteiger charge is 2.33. The number of piperidine rings is 1. The number of hydrogen-bond donors (Lipinski definition) is 1. The average molecular weight is 422 g/mol. The first kappa shape index (κ1) is 19.5. The molecule has 2 aliphatic rings. The molecule has 2 aliphatic heterocycles. The molecule has 5 rings (SSSR count). The first-order valence-electron chi connectivity index (χ1n) is 11.1. The predicted molar refractivity (Wildman–Crippen MR) is 122 cm³/mol. The minimum atomic E-state index is 0.297. The number of nitrogens with zero attached hydrogens (tertiary/aromatic N) is 3. The largest absolute Gasteiger partial charge is 0.368 e. The van der Waals surface area contributed by atoms with Crippen LogP contribution in [0.5, 0.6) is 0 Å². The summed E-state index contributed by atoms with van der Waals surface area (Å²) in [7, 11) is 0. The van der Waals surface area contributed by atoms with Crippen molar-refractivity contribution in [1.82, 2.24) is 9.88 Å². The van der Waals surface area contributed by atoms with Gasteiger partial charge in [0, 0.05) is 38.3 Å². The molecular formula is C24H29N4OS+. The fraction of sp³-hybridized carbons (Fsp3) is 0.417. The number of benzene rings is 2. The maximum absolute atomic E-state index is 13.1. The minimum absolute atomic E-state index is 0.297. The summed E-state index contributed by atoms with van der Waals surface area (Å²) in [5.74, 6) is 0.297. The number of piperazine rings is 1. The van der Waals surface area contributed by atoms with E-state index in [1.54, 1.807) is 11.3 Å². The van der Waals surface area contributed by atoms with Crippen LogP contribution in [0.15, 0.2) is 54.6 Å². The Kier molecular flexibility index (Phi) is 5.69. The molecule has 2 saturated heterocycles. The highest BCUT2D eigenvalue weighted by atomic mass is 32.1. The van der Waals surface area contributed by atoms with E-state index < -0.39 is 0 Å². The Morgan fingerprint density at radius 2 is 1.77 bits per heavy atom. The summed E-state index contributed by atoms with van der Waals surface area (Å²) < 4.78 is 1.25. The quantitative estimate of drug-likeness (QED) is 0.704. The van der Waals surface area contributed by atoms with Crippen LogP contribution in [0.3, 0.4) is 0 Å². The van der Waals surface area contributed by atoms with Crippen molar-refractivity contribution in [2.75, 3.05) is 44.2 Å². The van der Waals surface area contributed by atoms with Crippen LogP contribution in [0.25, 0.3) is 10.2 Å². The summed E-state index contributed by atoms with van der Waals surface area (Å²) in [6, 6.07) is 19.2. The van der Waals surface area contributed by atoms with Crippen LogP contribution >= 0.6 is 11.3 Å². The summed E-state index contributed by atoms with van der Waals surface area (Å²) in [4.78, 5) is 23.9. The van der Waals surface area contributed by atoms with Crippen LogP contribution in [-0.2, 0) is 4.79 Å². The van der Waals surface area contributed by atoms with Crippen molar-refractivity contribution >= 4 is 33.1 Å². The van der Waals surface area contributed by atoms with Crippen molar-refractivity contribution in [3.63, 3.8) is 0 Å². The van der Waals surface area contributed by atoms with Crippen LogP contribution in [0.1, 0.15) is 30.3 Å². The molecule has 3 aromatic rings. The Morgan fingerprint density at radius 3 is 2.57 bits per heavy atom. The van der Waals surface area contributed by atoms with Gasteiger partial charge < -0.3 is 14.7 Å². The van der Waals surface area contributed by atoms with Gasteiger partial charge in [-0.1, -0.05) is 30.3 Å². The van der Waals surface area contributed by atoms with Gasteiger partial charge in [-0.3, -0.25) is 4.79 Å². The van der Waals surface area contributed by atoms with Crippen LogP contribution in [0.2, 0.25) is 0 Å². The molecule has 0 bridgehead atoms. The van der Waals surface area contributed by atoms with Crippen molar-refractivity contribution in [3.8, 4) is 0 Å². The Bertz CT molecular complexity index is 964. The van der Waals surface area contributed by atoms with Gasteiger partial charge in [0.15, 0.2) is 11.6 Å². The van der Waals surface area contributed by atoms with Gasteiger partial charge in [0.2, 0.25) is 0 Å². The lowest BCUT2D eigenvalue weighted by atomic mass is 10.0. The average Bonchev–Trinajstić information content (AvgIpc) is 3.24. The number of quaternary nitrogens is 1. The van der Waals surface area contributed by atoms with Gasteiger partial charge in [0.25, 0.3) is 5.91 Å². The van der Waals surface area contributed by atoms with Crippen molar-refractivity contribution in [2.24, 2.45) is 0 Å². The van der Waals surface area contributed by atoms with Gasteiger partial charge >= 0.3 is 0 Å². The number of thiazole rings is 1. The Balaban J connectivity index is 1.23. The number of aromatic nitrogens is 1. The molecule has 0 aliphatic carbocycles.